The van der Waals surface area contributed by atoms with Crippen LogP contribution in [0.5, 0.6) is 5.75 Å². The molecule has 29 heavy (non-hydrogen) atoms. The van der Waals surface area contributed by atoms with Crippen LogP contribution in [0.15, 0.2) is 52.0 Å². The summed E-state index contributed by atoms with van der Waals surface area (Å²) >= 11 is 12.1. The van der Waals surface area contributed by atoms with Crippen molar-refractivity contribution >= 4 is 35.3 Å². The number of halogens is 2. The zero-order chi connectivity index (χ0) is 21.0. The number of ether oxygens (including phenoxy) is 1. The lowest BCUT2D eigenvalue weighted by molar-refractivity contribution is -0.123. The van der Waals surface area contributed by atoms with Crippen LogP contribution in [0.1, 0.15) is 22.5 Å². The molecule has 5 nitrogen and oxygen atoms in total. The lowest BCUT2D eigenvalue weighted by atomic mass is 10.1. The predicted molar refractivity (Wildman–Crippen MR) is 116 cm³/mol. The minimum absolute atomic E-state index is 0.133. The molecular weight excluding hydrogens is 411 g/mol. The second-order valence-electron chi connectivity index (χ2n) is 6.56. The van der Waals surface area contributed by atoms with E-state index in [0.29, 0.717) is 21.6 Å². The van der Waals surface area contributed by atoms with Crippen molar-refractivity contribution in [3.8, 4) is 17.1 Å². The fraction of sp³-hybridized carbons (Fsp3) is 0.182. The maximum atomic E-state index is 12.0. The first-order valence-corrected chi connectivity index (χ1v) is 9.67. The van der Waals surface area contributed by atoms with E-state index in [9.17, 15) is 4.79 Å². The monoisotopic (exact) mass is 430 g/mol. The van der Waals surface area contributed by atoms with Crippen LogP contribution in [0.25, 0.3) is 11.3 Å². The number of amides is 1. The molecule has 0 spiro atoms. The van der Waals surface area contributed by atoms with Crippen LogP contribution in [0.3, 0.4) is 0 Å². The molecule has 150 valence electrons. The second-order valence-corrected chi connectivity index (χ2v) is 7.41. The molecule has 0 atom stereocenters. The number of benzene rings is 2. The van der Waals surface area contributed by atoms with Crippen LogP contribution >= 0.6 is 23.2 Å². The minimum atomic E-state index is -0.367. The second kappa shape index (κ2) is 9.16. The van der Waals surface area contributed by atoms with Gasteiger partial charge in [-0.2, -0.15) is 5.10 Å². The number of carbonyl (C=O) groups excluding carboxylic acids is 1. The molecule has 0 radical (unpaired) electrons. The van der Waals surface area contributed by atoms with E-state index in [1.165, 1.54) is 6.21 Å². The average molecular weight is 431 g/mol. The first kappa shape index (κ1) is 21.0. The van der Waals surface area contributed by atoms with Gasteiger partial charge in [0.2, 0.25) is 0 Å². The van der Waals surface area contributed by atoms with Gasteiger partial charge < -0.3 is 9.15 Å². The summed E-state index contributed by atoms with van der Waals surface area (Å²) < 4.78 is 11.3. The van der Waals surface area contributed by atoms with Gasteiger partial charge in [0.1, 0.15) is 17.3 Å². The van der Waals surface area contributed by atoms with Crippen LogP contribution in [-0.4, -0.2) is 18.7 Å². The number of hydrogen-bond donors (Lipinski definition) is 1. The quantitative estimate of drug-likeness (QED) is 0.402. The summed E-state index contributed by atoms with van der Waals surface area (Å²) in [5, 5.41) is 4.94. The Labute approximate surface area is 179 Å². The highest BCUT2D eigenvalue weighted by Crippen LogP contribution is 2.31. The summed E-state index contributed by atoms with van der Waals surface area (Å²) in [4.78, 5) is 12.0. The molecule has 0 unspecified atom stereocenters. The Balaban J connectivity index is 1.57. The van der Waals surface area contributed by atoms with Gasteiger partial charge in [0, 0.05) is 10.6 Å². The average Bonchev–Trinajstić information content (AvgIpc) is 3.13. The molecule has 0 aliphatic heterocycles. The Bertz CT molecular complexity index is 1070. The van der Waals surface area contributed by atoms with Crippen LogP contribution in [0.4, 0.5) is 0 Å². The van der Waals surface area contributed by atoms with Crippen LogP contribution in [0, 0.1) is 20.8 Å². The van der Waals surface area contributed by atoms with E-state index < -0.39 is 0 Å². The smallest absolute Gasteiger partial charge is 0.277 e. The predicted octanol–water partition coefficient (Wildman–Crippen LogP) is 5.71. The normalized spacial score (nSPS) is 11.1. The highest BCUT2D eigenvalue weighted by atomic mass is 35.5. The highest BCUT2D eigenvalue weighted by Gasteiger charge is 2.10. The van der Waals surface area contributed by atoms with Gasteiger partial charge in [-0.05, 0) is 67.8 Å². The van der Waals surface area contributed by atoms with Gasteiger partial charge in [0.15, 0.2) is 6.61 Å². The number of furan rings is 1. The Morgan fingerprint density at radius 2 is 1.86 bits per heavy atom. The fourth-order valence-electron chi connectivity index (χ4n) is 2.74. The number of nitrogens with zero attached hydrogens (tertiary/aromatic N) is 1. The third-order valence-corrected chi connectivity index (χ3v) is 4.97. The third-order valence-electron chi connectivity index (χ3n) is 4.43. The summed E-state index contributed by atoms with van der Waals surface area (Å²) in [7, 11) is 0. The fourth-order valence-corrected chi connectivity index (χ4v) is 3.24. The standard InChI is InChI=1S/C22H20Cl2N2O3/c1-13-4-5-14(2)22(15(13)3)28-12-21(27)26-25-11-17-7-9-20(29-17)18-8-6-16(23)10-19(18)24/h4-11H,12H2,1-3H3,(H,26,27)/b25-11-. The summed E-state index contributed by atoms with van der Waals surface area (Å²) in [5.41, 5.74) is 6.25. The van der Waals surface area contributed by atoms with Crippen LogP contribution < -0.4 is 10.2 Å². The molecule has 0 saturated carbocycles. The van der Waals surface area contributed by atoms with Crippen molar-refractivity contribution in [1.82, 2.24) is 5.43 Å². The number of nitrogens with one attached hydrogen (secondary N) is 1. The number of rotatable bonds is 6. The van der Waals surface area contributed by atoms with Crippen molar-refractivity contribution < 1.29 is 13.9 Å². The molecule has 7 heteroatoms. The van der Waals surface area contributed by atoms with Gasteiger partial charge in [-0.1, -0.05) is 35.3 Å². The van der Waals surface area contributed by atoms with Crippen LogP contribution in [0.2, 0.25) is 10.0 Å². The van der Waals surface area contributed by atoms with Crippen molar-refractivity contribution in [3.05, 3.63) is 75.0 Å². The van der Waals surface area contributed by atoms with Crippen molar-refractivity contribution in [3.63, 3.8) is 0 Å². The Kier molecular flexibility index (Phi) is 6.62. The van der Waals surface area contributed by atoms with Gasteiger partial charge in [-0.3, -0.25) is 4.79 Å². The van der Waals surface area contributed by atoms with Crippen molar-refractivity contribution in [2.45, 2.75) is 20.8 Å². The number of hydrazone groups is 1. The van der Waals surface area contributed by atoms with Gasteiger partial charge >= 0.3 is 0 Å². The topological polar surface area (TPSA) is 63.8 Å². The van der Waals surface area contributed by atoms with Gasteiger partial charge in [0.25, 0.3) is 5.91 Å². The first-order valence-electron chi connectivity index (χ1n) is 8.92. The van der Waals surface area contributed by atoms with Crippen molar-refractivity contribution in [2.75, 3.05) is 6.61 Å². The van der Waals surface area contributed by atoms with Crippen molar-refractivity contribution in [2.24, 2.45) is 5.10 Å². The molecule has 0 saturated heterocycles. The van der Waals surface area contributed by atoms with E-state index in [1.807, 2.05) is 32.9 Å². The molecule has 1 N–H and O–H groups in total. The zero-order valence-electron chi connectivity index (χ0n) is 16.3. The molecule has 0 aliphatic carbocycles. The molecule has 3 rings (SSSR count). The lowest BCUT2D eigenvalue weighted by Gasteiger charge is -2.13. The van der Waals surface area contributed by atoms with Gasteiger partial charge in [-0.25, -0.2) is 5.43 Å². The van der Waals surface area contributed by atoms with E-state index in [1.54, 1.807) is 30.3 Å². The van der Waals surface area contributed by atoms with E-state index >= 15 is 0 Å². The third kappa shape index (κ3) is 5.19. The molecule has 3 aromatic rings. The van der Waals surface area contributed by atoms with E-state index in [0.717, 1.165) is 28.0 Å². The van der Waals surface area contributed by atoms with Crippen LogP contribution in [-0.2, 0) is 4.79 Å². The molecule has 0 fully saturated rings. The molecule has 1 aromatic heterocycles. The first-order chi connectivity index (χ1) is 13.8. The molecule has 1 amide bonds. The largest absolute Gasteiger partial charge is 0.483 e. The van der Waals surface area contributed by atoms with E-state index in [4.69, 9.17) is 32.4 Å². The minimum Gasteiger partial charge on any atom is -0.483 e. The Hall–Kier alpha value is -2.76. The molecule has 1 heterocycles. The van der Waals surface area contributed by atoms with E-state index in [-0.39, 0.29) is 12.5 Å². The summed E-state index contributed by atoms with van der Waals surface area (Å²) in [5.74, 6) is 1.40. The Morgan fingerprint density at radius 1 is 1.10 bits per heavy atom. The molecule has 0 bridgehead atoms. The van der Waals surface area contributed by atoms with E-state index in [2.05, 4.69) is 10.5 Å². The summed E-state index contributed by atoms with van der Waals surface area (Å²) in [6.45, 7) is 5.78. The van der Waals surface area contributed by atoms with Gasteiger partial charge in [-0.15, -0.1) is 0 Å². The number of hydrogen-bond acceptors (Lipinski definition) is 4. The maximum Gasteiger partial charge on any atom is 0.277 e. The number of carbonyl (C=O) groups is 1. The lowest BCUT2D eigenvalue weighted by Crippen LogP contribution is -2.25. The molecular formula is C22H20Cl2N2O3. The SMILES string of the molecule is Cc1ccc(C)c(OCC(=O)N/N=C\c2ccc(-c3ccc(Cl)cc3Cl)o2)c1C. The number of aryl methyl sites for hydroxylation is 2. The maximum absolute atomic E-state index is 12.0. The molecule has 0 aliphatic rings. The molecule has 2 aromatic carbocycles. The van der Waals surface area contributed by atoms with Crippen molar-refractivity contribution in [1.29, 1.82) is 0 Å². The Morgan fingerprint density at radius 3 is 2.62 bits per heavy atom. The van der Waals surface area contributed by atoms with Gasteiger partial charge in [0.05, 0.1) is 11.2 Å². The summed E-state index contributed by atoms with van der Waals surface area (Å²) in [6, 6.07) is 12.6. The zero-order valence-corrected chi connectivity index (χ0v) is 17.8. The highest BCUT2D eigenvalue weighted by molar-refractivity contribution is 6.36. The summed E-state index contributed by atoms with van der Waals surface area (Å²) in [6.07, 6.45) is 1.41.